The maximum Gasteiger partial charge on any atom is 0.306 e. The van der Waals surface area contributed by atoms with E-state index in [2.05, 4.69) is 12.2 Å². The lowest BCUT2D eigenvalue weighted by atomic mass is 9.46. The van der Waals surface area contributed by atoms with Crippen LogP contribution in [0.4, 0.5) is 0 Å². The van der Waals surface area contributed by atoms with E-state index in [0.29, 0.717) is 12.0 Å². The fourth-order valence-electron chi connectivity index (χ4n) is 8.39. The molecule has 4 aliphatic carbocycles. The van der Waals surface area contributed by atoms with Gasteiger partial charge < -0.3 is 30.2 Å². The predicted octanol–water partition coefficient (Wildman–Crippen LogP) is 1.57. The molecule has 5 rings (SSSR count). The topological polar surface area (TPSA) is 170 Å². The Bertz CT molecular complexity index is 1400. The van der Waals surface area contributed by atoms with Gasteiger partial charge in [0.15, 0.2) is 12.4 Å². The first kappa shape index (κ1) is 30.8. The molecule has 230 valence electrons. The number of hydrogen-bond acceptors (Lipinski definition) is 9. The Morgan fingerprint density at radius 3 is 2.51 bits per heavy atom. The van der Waals surface area contributed by atoms with Gasteiger partial charge in [0.1, 0.15) is 5.60 Å². The molecular formula is C33H38NO9-. The molecule has 10 nitrogen and oxygen atoms in total. The third-order valence-electron chi connectivity index (χ3n) is 10.7. The molecule has 0 heterocycles. The van der Waals surface area contributed by atoms with Crippen LogP contribution in [0.25, 0.3) is 0 Å². The molecule has 7 atom stereocenters. The van der Waals surface area contributed by atoms with Gasteiger partial charge in [-0.15, -0.1) is 0 Å². The first-order valence-electron chi connectivity index (χ1n) is 14.9. The molecular weight excluding hydrogens is 554 g/mol. The van der Waals surface area contributed by atoms with Crippen LogP contribution in [0, 0.1) is 28.6 Å². The minimum atomic E-state index is -1.76. The molecule has 0 unspecified atom stereocenters. The van der Waals surface area contributed by atoms with E-state index in [0.717, 1.165) is 18.4 Å². The van der Waals surface area contributed by atoms with E-state index in [9.17, 15) is 39.3 Å². The first-order valence-corrected chi connectivity index (χ1v) is 14.9. The minimum absolute atomic E-state index is 0.0179. The van der Waals surface area contributed by atoms with Crippen molar-refractivity contribution >= 4 is 29.4 Å². The lowest BCUT2D eigenvalue weighted by molar-refractivity contribution is -0.255. The second kappa shape index (κ2) is 11.5. The number of ketones is 2. The monoisotopic (exact) mass is 592 g/mol. The Hall–Kier alpha value is -3.63. The minimum Gasteiger partial charge on any atom is -0.545 e. The summed E-state index contributed by atoms with van der Waals surface area (Å²) in [6, 6.07) is 5.84. The van der Waals surface area contributed by atoms with Crippen LogP contribution in [0.15, 0.2) is 48.1 Å². The summed E-state index contributed by atoms with van der Waals surface area (Å²) in [4.78, 5) is 60.8. The Morgan fingerprint density at radius 1 is 1.09 bits per heavy atom. The third-order valence-corrected chi connectivity index (χ3v) is 10.7. The number of amides is 1. The number of carbonyl (C=O) groups excluding carboxylic acids is 5. The molecule has 0 aromatic heterocycles. The van der Waals surface area contributed by atoms with Crippen molar-refractivity contribution in [3.8, 4) is 0 Å². The molecule has 3 N–H and O–H groups in total. The highest BCUT2D eigenvalue weighted by Gasteiger charge is 2.68. The van der Waals surface area contributed by atoms with E-state index in [4.69, 9.17) is 4.74 Å². The van der Waals surface area contributed by atoms with Crippen molar-refractivity contribution in [2.45, 2.75) is 77.0 Å². The fraction of sp³-hybridized carbons (Fsp3) is 0.545. The molecule has 43 heavy (non-hydrogen) atoms. The largest absolute Gasteiger partial charge is 0.545 e. The van der Waals surface area contributed by atoms with Crippen LogP contribution < -0.4 is 10.4 Å². The summed E-state index contributed by atoms with van der Waals surface area (Å²) in [5, 5.41) is 36.7. The highest BCUT2D eigenvalue weighted by Crippen LogP contribution is 2.67. The average Bonchev–Trinajstić information content (AvgIpc) is 3.24. The standard InChI is InChI=1S/C33H39NO9/c1-31-13-11-22(35)15-21(31)7-8-23-24-12-14-33(42,32(24,2)16-25(36)29(23)31)26(37)18-43-28(39)10-9-27(38)34-17-19-3-5-20(6-4-19)30(40)41/h3-6,11,13,15,23-25,29,36,42H,7-10,12,14,16-18H2,1-2H3,(H,34,38)(H,40,41)/p-1/t23-,24+,25+,29+,31-,32+,33-/m0/s1. The molecule has 0 radical (unpaired) electrons. The molecule has 0 bridgehead atoms. The van der Waals surface area contributed by atoms with Crippen LogP contribution in [0.2, 0.25) is 0 Å². The van der Waals surface area contributed by atoms with Crippen LogP contribution in [0.5, 0.6) is 0 Å². The zero-order valence-corrected chi connectivity index (χ0v) is 24.5. The van der Waals surface area contributed by atoms with Gasteiger partial charge in [0.25, 0.3) is 0 Å². The summed E-state index contributed by atoms with van der Waals surface area (Å²) < 4.78 is 5.18. The second-order valence-electron chi connectivity index (χ2n) is 13.0. The van der Waals surface area contributed by atoms with E-state index in [1.54, 1.807) is 24.3 Å². The number of carboxylic acids is 1. The second-order valence-corrected chi connectivity index (χ2v) is 13.0. The Balaban J connectivity index is 1.14. The Labute approximate surface area is 250 Å². The number of rotatable bonds is 9. The quantitative estimate of drug-likeness (QED) is 0.360. The van der Waals surface area contributed by atoms with Gasteiger partial charge in [-0.25, -0.2) is 0 Å². The van der Waals surface area contributed by atoms with E-state index in [1.807, 2.05) is 13.0 Å². The van der Waals surface area contributed by atoms with E-state index in [-0.39, 0.29) is 61.3 Å². The third kappa shape index (κ3) is 5.47. The summed E-state index contributed by atoms with van der Waals surface area (Å²) in [7, 11) is 0. The molecule has 0 spiro atoms. The number of benzene rings is 1. The number of aliphatic hydroxyl groups excluding tert-OH is 1. The van der Waals surface area contributed by atoms with Gasteiger partial charge in [-0.1, -0.05) is 49.8 Å². The number of Topliss-reactive ketones (excluding diaryl/α,β-unsaturated/α-hetero) is 1. The van der Waals surface area contributed by atoms with Gasteiger partial charge in [0.2, 0.25) is 11.7 Å². The number of allylic oxidation sites excluding steroid dienone is 4. The van der Waals surface area contributed by atoms with Crippen molar-refractivity contribution in [1.82, 2.24) is 5.32 Å². The van der Waals surface area contributed by atoms with Crippen LogP contribution in [-0.4, -0.2) is 57.9 Å². The lowest BCUT2D eigenvalue weighted by Gasteiger charge is -2.59. The molecule has 0 aliphatic heterocycles. The van der Waals surface area contributed by atoms with Crippen LogP contribution in [-0.2, 0) is 30.5 Å². The summed E-state index contributed by atoms with van der Waals surface area (Å²) in [5.74, 6) is -3.19. The van der Waals surface area contributed by atoms with Crippen molar-refractivity contribution in [2.24, 2.45) is 28.6 Å². The van der Waals surface area contributed by atoms with Crippen molar-refractivity contribution in [2.75, 3.05) is 6.61 Å². The number of carbonyl (C=O) groups is 5. The van der Waals surface area contributed by atoms with Crippen molar-refractivity contribution in [1.29, 1.82) is 0 Å². The zero-order chi connectivity index (χ0) is 31.2. The van der Waals surface area contributed by atoms with Gasteiger partial charge in [0.05, 0.1) is 18.5 Å². The van der Waals surface area contributed by atoms with E-state index >= 15 is 0 Å². The van der Waals surface area contributed by atoms with Gasteiger partial charge in [-0.3, -0.25) is 19.2 Å². The lowest BCUT2D eigenvalue weighted by Crippen LogP contribution is -2.61. The molecule has 1 aromatic carbocycles. The zero-order valence-electron chi connectivity index (χ0n) is 24.5. The van der Waals surface area contributed by atoms with Crippen molar-refractivity contribution < 1.29 is 44.0 Å². The van der Waals surface area contributed by atoms with Crippen LogP contribution in [0.3, 0.4) is 0 Å². The van der Waals surface area contributed by atoms with Crippen molar-refractivity contribution in [3.63, 3.8) is 0 Å². The Morgan fingerprint density at radius 2 is 1.81 bits per heavy atom. The Kier molecular flexibility index (Phi) is 8.22. The van der Waals surface area contributed by atoms with Gasteiger partial charge in [-0.05, 0) is 67.2 Å². The fourth-order valence-corrected chi connectivity index (χ4v) is 8.39. The van der Waals surface area contributed by atoms with Crippen molar-refractivity contribution in [3.05, 3.63) is 59.2 Å². The number of nitrogens with one attached hydrogen (secondary N) is 1. The summed E-state index contributed by atoms with van der Waals surface area (Å²) >= 11 is 0. The smallest absolute Gasteiger partial charge is 0.306 e. The molecule has 0 saturated heterocycles. The molecule has 1 aromatic rings. The normalized spacial score (nSPS) is 34.3. The number of hydrogen-bond donors (Lipinski definition) is 3. The summed E-state index contributed by atoms with van der Waals surface area (Å²) in [5.41, 5.74) is -1.39. The highest BCUT2D eigenvalue weighted by atomic mass is 16.5. The first-order chi connectivity index (χ1) is 20.3. The van der Waals surface area contributed by atoms with E-state index in [1.165, 1.54) is 12.1 Å². The van der Waals surface area contributed by atoms with Gasteiger partial charge in [0, 0.05) is 29.7 Å². The maximum atomic E-state index is 13.4. The van der Waals surface area contributed by atoms with Crippen LogP contribution in [0.1, 0.15) is 74.7 Å². The predicted molar refractivity (Wildman–Crippen MR) is 151 cm³/mol. The molecule has 4 aliphatic rings. The SMILES string of the molecule is C[C@]12C=CC(=O)C=C1CC[C@@H]1[C@@H]2[C@H](O)C[C@]2(C)[C@@H]1CC[C@]2(O)C(=O)COC(=O)CCC(=O)NCc1ccc(C(=O)[O-])cc1. The number of aliphatic hydroxyl groups is 2. The molecule has 1 amide bonds. The highest BCUT2D eigenvalue weighted by molar-refractivity contribution is 6.01. The van der Waals surface area contributed by atoms with Gasteiger partial charge >= 0.3 is 5.97 Å². The van der Waals surface area contributed by atoms with Crippen LogP contribution >= 0.6 is 0 Å². The number of esters is 1. The number of ether oxygens (including phenoxy) is 1. The summed E-state index contributed by atoms with van der Waals surface area (Å²) in [6.45, 7) is 3.44. The summed E-state index contributed by atoms with van der Waals surface area (Å²) in [6.07, 6.45) is 6.47. The number of aromatic carboxylic acids is 1. The number of fused-ring (bicyclic) bond motifs is 5. The maximum absolute atomic E-state index is 13.4. The molecule has 3 fully saturated rings. The number of carboxylic acid groups (broad SMARTS) is 1. The molecule has 3 saturated carbocycles. The average molecular weight is 593 g/mol. The van der Waals surface area contributed by atoms with Gasteiger partial charge in [-0.2, -0.15) is 0 Å². The van der Waals surface area contributed by atoms with E-state index < -0.39 is 52.8 Å². The molecule has 10 heteroatoms.